The van der Waals surface area contributed by atoms with Gasteiger partial charge in [0.05, 0.1) is 28.3 Å². The second kappa shape index (κ2) is 8.30. The van der Waals surface area contributed by atoms with E-state index in [9.17, 15) is 9.59 Å². The molecule has 0 unspecified atom stereocenters. The summed E-state index contributed by atoms with van der Waals surface area (Å²) in [6.07, 6.45) is 3.46. The van der Waals surface area contributed by atoms with Crippen molar-refractivity contribution in [1.29, 1.82) is 0 Å². The van der Waals surface area contributed by atoms with Crippen molar-refractivity contribution in [3.63, 3.8) is 0 Å². The van der Waals surface area contributed by atoms with Gasteiger partial charge in [0.15, 0.2) is 0 Å². The maximum atomic E-state index is 13.4. The lowest BCUT2D eigenvalue weighted by Crippen LogP contribution is -2.21. The first-order chi connectivity index (χ1) is 17.0. The quantitative estimate of drug-likeness (QED) is 0.368. The lowest BCUT2D eigenvalue weighted by molar-refractivity contribution is 0.0955. The van der Waals surface area contributed by atoms with E-state index in [2.05, 4.69) is 25.1 Å². The molecule has 10 heteroatoms. The van der Waals surface area contributed by atoms with Crippen molar-refractivity contribution in [2.45, 2.75) is 6.04 Å². The van der Waals surface area contributed by atoms with Crippen molar-refractivity contribution in [1.82, 2.24) is 24.5 Å². The molecular weight excluding hydrogens is 484 g/mol. The highest BCUT2D eigenvalue weighted by Crippen LogP contribution is 2.40. The number of anilines is 1. The Morgan fingerprint density at radius 3 is 2.77 bits per heavy atom. The molecule has 1 aliphatic rings. The van der Waals surface area contributed by atoms with Crippen LogP contribution in [0.3, 0.4) is 0 Å². The summed E-state index contributed by atoms with van der Waals surface area (Å²) in [6.45, 7) is 0. The Hall–Kier alpha value is -4.08. The van der Waals surface area contributed by atoms with E-state index in [0.29, 0.717) is 33.2 Å². The Morgan fingerprint density at radius 2 is 1.97 bits per heavy atom. The highest BCUT2D eigenvalue weighted by molar-refractivity contribution is 7.13. The first-order valence-electron chi connectivity index (χ1n) is 10.7. The molecule has 2 N–H and O–H groups in total. The minimum atomic E-state index is -0.566. The smallest absolute Gasteiger partial charge is 0.276 e. The van der Waals surface area contributed by atoms with E-state index in [1.165, 1.54) is 11.5 Å². The summed E-state index contributed by atoms with van der Waals surface area (Å²) in [5.74, 6) is -0.712. The third-order valence-electron chi connectivity index (χ3n) is 5.90. The number of nitrogens with one attached hydrogen (secondary N) is 2. The lowest BCUT2D eigenvalue weighted by atomic mass is 9.97. The molecule has 6 rings (SSSR count). The summed E-state index contributed by atoms with van der Waals surface area (Å²) in [4.78, 5) is 31.1. The van der Waals surface area contributed by atoms with E-state index >= 15 is 0 Å². The Bertz CT molecular complexity index is 1640. The van der Waals surface area contributed by atoms with Gasteiger partial charge < -0.3 is 10.6 Å². The summed E-state index contributed by atoms with van der Waals surface area (Å²) >= 11 is 7.74. The van der Waals surface area contributed by atoms with Crippen LogP contribution < -0.4 is 10.6 Å². The van der Waals surface area contributed by atoms with Crippen LogP contribution in [0.4, 0.5) is 5.69 Å². The summed E-state index contributed by atoms with van der Waals surface area (Å²) in [7, 11) is 1.80. The third kappa shape index (κ3) is 3.65. The van der Waals surface area contributed by atoms with E-state index in [1.54, 1.807) is 36.3 Å². The molecule has 172 valence electrons. The second-order valence-corrected chi connectivity index (χ2v) is 9.34. The van der Waals surface area contributed by atoms with Gasteiger partial charge in [0.1, 0.15) is 11.4 Å². The molecule has 4 heterocycles. The summed E-state index contributed by atoms with van der Waals surface area (Å²) in [5.41, 5.74) is 3.53. The number of aryl methyl sites for hydroxylation is 1. The van der Waals surface area contributed by atoms with Gasteiger partial charge in [0.2, 0.25) is 0 Å². The maximum Gasteiger partial charge on any atom is 0.276 e. The molecule has 0 fully saturated rings. The van der Waals surface area contributed by atoms with Crippen molar-refractivity contribution in [2.24, 2.45) is 7.05 Å². The zero-order chi connectivity index (χ0) is 24.1. The predicted octanol–water partition coefficient (Wildman–Crippen LogP) is 4.83. The number of nitrogens with zero attached hydrogens (tertiary/aromatic N) is 4. The second-order valence-electron chi connectivity index (χ2n) is 8.13. The van der Waals surface area contributed by atoms with Crippen LogP contribution in [0.1, 0.15) is 38.1 Å². The van der Waals surface area contributed by atoms with Crippen molar-refractivity contribution in [3.8, 4) is 11.3 Å². The Balaban J connectivity index is 1.51. The Morgan fingerprint density at radius 1 is 1.17 bits per heavy atom. The normalized spacial score (nSPS) is 14.7. The van der Waals surface area contributed by atoms with Gasteiger partial charge in [-0.2, -0.15) is 9.47 Å². The van der Waals surface area contributed by atoms with Gasteiger partial charge in [-0.25, -0.2) is 4.98 Å². The number of pyridine rings is 1. The van der Waals surface area contributed by atoms with Crippen LogP contribution in [0, 0.1) is 0 Å². The van der Waals surface area contributed by atoms with Gasteiger partial charge in [0.25, 0.3) is 11.8 Å². The van der Waals surface area contributed by atoms with E-state index in [0.717, 1.165) is 15.6 Å². The zero-order valence-electron chi connectivity index (χ0n) is 18.3. The van der Waals surface area contributed by atoms with Crippen molar-refractivity contribution < 1.29 is 9.59 Å². The number of hydrogen-bond donors (Lipinski definition) is 2. The van der Waals surface area contributed by atoms with Crippen LogP contribution in [0.2, 0.25) is 5.02 Å². The molecule has 1 aliphatic heterocycles. The molecule has 5 aromatic rings. The molecule has 0 aliphatic carbocycles. The van der Waals surface area contributed by atoms with Crippen LogP contribution in [0.15, 0.2) is 67.0 Å². The SMILES string of the molecule is Cn1cc(-c2cc(NC(=O)c3nsc4ccccc34)c3c(n2)C(=O)N[C@H]3c2ccccc2Cl)cn1. The summed E-state index contributed by atoms with van der Waals surface area (Å²) in [5, 5.41) is 11.4. The number of benzene rings is 2. The number of hydrogen-bond acceptors (Lipinski definition) is 6. The van der Waals surface area contributed by atoms with Crippen LogP contribution in [-0.2, 0) is 7.05 Å². The fourth-order valence-corrected chi connectivity index (χ4v) is 5.29. The minimum Gasteiger partial charge on any atom is -0.340 e. The molecule has 0 spiro atoms. The van der Waals surface area contributed by atoms with Crippen LogP contribution >= 0.6 is 23.1 Å². The fourth-order valence-electron chi connectivity index (χ4n) is 4.27. The molecule has 1 atom stereocenters. The van der Waals surface area contributed by atoms with Crippen LogP contribution in [0.25, 0.3) is 21.3 Å². The standard InChI is InChI=1S/C25H17ClN6O2S/c1-32-12-13(11-27-32)17-10-18(29-24(33)22-15-7-3-5-9-19(15)35-31-22)20-21(30-25(34)23(20)28-17)14-6-2-4-8-16(14)26/h2-12,21H,1H3,(H,30,34)(H,28,29,33)/t21-/m0/s1. The monoisotopic (exact) mass is 500 g/mol. The van der Waals surface area contributed by atoms with Gasteiger partial charge in [-0.1, -0.05) is 48.0 Å². The molecule has 0 saturated carbocycles. The van der Waals surface area contributed by atoms with E-state index in [4.69, 9.17) is 11.6 Å². The van der Waals surface area contributed by atoms with Gasteiger partial charge in [0, 0.05) is 34.8 Å². The molecule has 0 radical (unpaired) electrons. The number of rotatable bonds is 4. The van der Waals surface area contributed by atoms with Crippen LogP contribution in [-0.4, -0.2) is 31.0 Å². The molecular formula is C25H17ClN6O2S. The van der Waals surface area contributed by atoms with E-state index in [-0.39, 0.29) is 17.5 Å². The van der Waals surface area contributed by atoms with Crippen molar-refractivity contribution in [2.75, 3.05) is 5.32 Å². The first-order valence-corrected chi connectivity index (χ1v) is 11.9. The van der Waals surface area contributed by atoms with Gasteiger partial charge >= 0.3 is 0 Å². The number of carbonyl (C=O) groups excluding carboxylic acids is 2. The number of amides is 2. The highest BCUT2D eigenvalue weighted by Gasteiger charge is 2.36. The number of carbonyl (C=O) groups is 2. The molecule has 35 heavy (non-hydrogen) atoms. The maximum absolute atomic E-state index is 13.4. The minimum absolute atomic E-state index is 0.231. The van der Waals surface area contributed by atoms with Gasteiger partial charge in [-0.15, -0.1) is 0 Å². The third-order valence-corrected chi connectivity index (χ3v) is 7.07. The first kappa shape index (κ1) is 21.5. The van der Waals surface area contributed by atoms with Crippen LogP contribution in [0.5, 0.6) is 0 Å². The molecule has 0 bridgehead atoms. The fraction of sp³-hybridized carbons (Fsp3) is 0.0800. The summed E-state index contributed by atoms with van der Waals surface area (Å²) < 4.78 is 6.94. The van der Waals surface area contributed by atoms with Gasteiger partial charge in [-0.3, -0.25) is 14.3 Å². The van der Waals surface area contributed by atoms with Gasteiger partial charge in [-0.05, 0) is 35.3 Å². The van der Waals surface area contributed by atoms with Crippen molar-refractivity contribution >= 4 is 50.7 Å². The number of fused-ring (bicyclic) bond motifs is 2. The largest absolute Gasteiger partial charge is 0.340 e. The highest BCUT2D eigenvalue weighted by atomic mass is 35.5. The molecule has 3 aromatic heterocycles. The Kier molecular flexibility index (Phi) is 5.09. The predicted molar refractivity (Wildman–Crippen MR) is 135 cm³/mol. The topological polar surface area (TPSA) is 102 Å². The van der Waals surface area contributed by atoms with E-state index in [1.807, 2.05) is 42.5 Å². The van der Waals surface area contributed by atoms with E-state index < -0.39 is 6.04 Å². The van der Waals surface area contributed by atoms with Crippen molar-refractivity contribution in [3.05, 3.63) is 94.5 Å². The molecule has 0 saturated heterocycles. The average molecular weight is 501 g/mol. The average Bonchev–Trinajstić information content (AvgIpc) is 3.57. The number of halogens is 1. The zero-order valence-corrected chi connectivity index (χ0v) is 19.9. The molecule has 8 nitrogen and oxygen atoms in total. The molecule has 2 aromatic carbocycles. The lowest BCUT2D eigenvalue weighted by Gasteiger charge is -2.18. The number of aromatic nitrogens is 4. The Labute approximate surface area is 208 Å². The summed E-state index contributed by atoms with van der Waals surface area (Å²) in [6, 6.07) is 16.0. The molecule has 2 amide bonds.